The number of aromatic nitrogens is 3. The summed E-state index contributed by atoms with van der Waals surface area (Å²) >= 11 is 0. The number of hydrogen-bond donors (Lipinski definition) is 0. The lowest BCUT2D eigenvalue weighted by Gasteiger charge is -2.24. The lowest BCUT2D eigenvalue weighted by molar-refractivity contribution is 0.483. The van der Waals surface area contributed by atoms with E-state index in [-0.39, 0.29) is 16.2 Å². The fourth-order valence-corrected chi connectivity index (χ4v) is 8.85. The molecule has 0 N–H and O–H groups in total. The van der Waals surface area contributed by atoms with E-state index in [1.165, 1.54) is 27.8 Å². The summed E-state index contributed by atoms with van der Waals surface area (Å²) in [6, 6.07) is 57.8. The Morgan fingerprint density at radius 2 is 1.22 bits per heavy atom. The first kappa shape index (κ1) is 41.6. The molecule has 6 aromatic carbocycles. The molecule has 0 bridgehead atoms. The highest BCUT2D eigenvalue weighted by molar-refractivity contribution is 6.10. The third-order valence-electron chi connectivity index (χ3n) is 12.6. The fraction of sp³-hybridized carbons (Fsp3) is 0.203. The monoisotopic (exact) mass is 849 g/mol. The number of fused-ring (bicyclic) bond motifs is 4. The van der Waals surface area contributed by atoms with E-state index in [0.29, 0.717) is 0 Å². The van der Waals surface area contributed by atoms with Crippen molar-refractivity contribution in [2.24, 2.45) is 0 Å². The minimum Gasteiger partial charge on any atom is -0.457 e. The van der Waals surface area contributed by atoms with E-state index < -0.39 is 0 Å². The van der Waals surface area contributed by atoms with E-state index in [0.717, 1.165) is 73.0 Å². The van der Waals surface area contributed by atoms with Gasteiger partial charge in [-0.25, -0.2) is 4.98 Å². The van der Waals surface area contributed by atoms with Crippen LogP contribution in [0.25, 0.3) is 49.9 Å². The van der Waals surface area contributed by atoms with Gasteiger partial charge < -0.3 is 4.74 Å². The van der Waals surface area contributed by atoms with Crippen molar-refractivity contribution in [3.05, 3.63) is 187 Å². The third-order valence-corrected chi connectivity index (χ3v) is 12.6. The highest BCUT2D eigenvalue weighted by atomic mass is 16.5. The zero-order valence-electron chi connectivity index (χ0n) is 38.8. The zero-order chi connectivity index (χ0) is 45.3. The Bertz CT molecular complexity index is 3340. The first-order valence-corrected chi connectivity index (χ1v) is 22.5. The van der Waals surface area contributed by atoms with Crippen molar-refractivity contribution in [3.8, 4) is 39.6 Å². The molecule has 0 spiro atoms. The van der Waals surface area contributed by atoms with Gasteiger partial charge in [0, 0.05) is 65.3 Å². The predicted molar refractivity (Wildman–Crippen MR) is 271 cm³/mol. The molecule has 65 heavy (non-hydrogen) atoms. The summed E-state index contributed by atoms with van der Waals surface area (Å²) in [7, 11) is 0. The van der Waals surface area contributed by atoms with Crippen LogP contribution in [0.4, 0.5) is 22.7 Å². The number of rotatable bonds is 7. The molecule has 0 atom stereocenters. The molecule has 320 valence electrons. The minimum absolute atomic E-state index is 0.0376. The van der Waals surface area contributed by atoms with Gasteiger partial charge in [-0.1, -0.05) is 123 Å². The summed E-state index contributed by atoms with van der Waals surface area (Å²) in [6.07, 6.45) is 5.68. The van der Waals surface area contributed by atoms with E-state index in [9.17, 15) is 0 Å². The maximum absolute atomic E-state index is 6.83. The number of ether oxygens (including phenoxy) is 1. The van der Waals surface area contributed by atoms with Crippen LogP contribution in [-0.4, -0.2) is 20.5 Å². The van der Waals surface area contributed by atoms with Gasteiger partial charge in [0.2, 0.25) is 11.4 Å². The topological polar surface area (TPSA) is 46.0 Å². The lowest BCUT2D eigenvalue weighted by Crippen LogP contribution is -2.17. The standard InChI is InChI=1S/C59H55N5O/c1-57(2,3)42-27-29-61-55(34-42)64-52-26-23-40(39-16-11-10-12-17-39)30-51(52)50-25-24-48(36-54(50)64)65-47-20-13-19-45(35-47)62-38-63(46-32-43(58(4,5)6)31-44(33-46)59(7,8)9)56-49(21-14-22-53(56)62)41-18-15-28-60-37-41/h10-37H,1-9H3/q+2. The molecule has 0 aliphatic carbocycles. The lowest BCUT2D eigenvalue weighted by atomic mass is 9.80. The molecular formula is C59H55N5O+2. The van der Waals surface area contributed by atoms with E-state index in [4.69, 9.17) is 9.72 Å². The van der Waals surface area contributed by atoms with Gasteiger partial charge in [0.1, 0.15) is 17.3 Å². The van der Waals surface area contributed by atoms with Crippen LogP contribution in [-0.2, 0) is 16.2 Å². The Labute approximate surface area is 382 Å². The van der Waals surface area contributed by atoms with Gasteiger partial charge in [-0.2, -0.15) is 0 Å². The van der Waals surface area contributed by atoms with Gasteiger partial charge in [-0.3, -0.25) is 9.55 Å². The third kappa shape index (κ3) is 7.85. The molecular weight excluding hydrogens is 795 g/mol. The second kappa shape index (κ2) is 15.7. The molecule has 0 saturated carbocycles. The van der Waals surface area contributed by atoms with Crippen molar-refractivity contribution >= 4 is 50.6 Å². The highest BCUT2D eigenvalue weighted by Crippen LogP contribution is 2.45. The van der Waals surface area contributed by atoms with Gasteiger partial charge in [0.15, 0.2) is 0 Å². The van der Waals surface area contributed by atoms with Crippen molar-refractivity contribution < 1.29 is 4.74 Å². The summed E-state index contributed by atoms with van der Waals surface area (Å²) in [5.41, 5.74) is 14.3. The first-order chi connectivity index (χ1) is 31.1. The van der Waals surface area contributed by atoms with Crippen LogP contribution in [0, 0.1) is 0 Å². The van der Waals surface area contributed by atoms with Crippen LogP contribution in [0.3, 0.4) is 0 Å². The van der Waals surface area contributed by atoms with Gasteiger partial charge in [0.05, 0.1) is 22.7 Å². The largest absolute Gasteiger partial charge is 0.503 e. The molecule has 9 aromatic rings. The van der Waals surface area contributed by atoms with Crippen LogP contribution in [0.5, 0.6) is 11.5 Å². The average molecular weight is 850 g/mol. The zero-order valence-corrected chi connectivity index (χ0v) is 38.8. The van der Waals surface area contributed by atoms with E-state index in [2.05, 4.69) is 227 Å². The SMILES string of the molecule is CC(C)(C)c1cc([N+]2=C=[N+](c3cccc(Oc4ccc5c6cc(-c7ccccc7)ccc6n(-c6cc(C(C)(C)C)ccn6)c5c4)c3)c3cccc(-c4cccnc4)c32)cc(C(C)(C)C)c1. The predicted octanol–water partition coefficient (Wildman–Crippen LogP) is 15.4. The number of benzene rings is 6. The molecule has 1 aliphatic rings. The minimum atomic E-state index is -0.0533. The molecule has 6 nitrogen and oxygen atoms in total. The van der Waals surface area contributed by atoms with Crippen molar-refractivity contribution in [2.45, 2.75) is 78.6 Å². The second-order valence-electron chi connectivity index (χ2n) is 20.3. The molecule has 10 rings (SSSR count). The first-order valence-electron chi connectivity index (χ1n) is 22.5. The van der Waals surface area contributed by atoms with Gasteiger partial charge in [0.25, 0.3) is 5.69 Å². The van der Waals surface area contributed by atoms with Crippen molar-refractivity contribution in [2.75, 3.05) is 0 Å². The van der Waals surface area contributed by atoms with Crippen LogP contribution in [0.2, 0.25) is 0 Å². The summed E-state index contributed by atoms with van der Waals surface area (Å²) < 4.78 is 13.5. The van der Waals surface area contributed by atoms with Gasteiger partial charge >= 0.3 is 11.7 Å². The smallest absolute Gasteiger partial charge is 0.457 e. The number of pyridine rings is 2. The molecule has 0 saturated heterocycles. The van der Waals surface area contributed by atoms with Crippen LogP contribution < -0.4 is 13.9 Å². The van der Waals surface area contributed by atoms with E-state index >= 15 is 0 Å². The van der Waals surface area contributed by atoms with E-state index in [1.54, 1.807) is 0 Å². The normalized spacial score (nSPS) is 12.9. The molecule has 0 fully saturated rings. The van der Waals surface area contributed by atoms with Gasteiger partial charge in [-0.05, 0) is 108 Å². The van der Waals surface area contributed by atoms with Crippen molar-refractivity contribution in [1.82, 2.24) is 23.7 Å². The van der Waals surface area contributed by atoms with Crippen LogP contribution in [0.1, 0.15) is 79.0 Å². The molecule has 1 aliphatic heterocycles. The number of nitrogens with zero attached hydrogens (tertiary/aromatic N) is 5. The summed E-state index contributed by atoms with van der Waals surface area (Å²) in [6.45, 7) is 20.4. The maximum atomic E-state index is 6.83. The Morgan fingerprint density at radius 1 is 0.492 bits per heavy atom. The van der Waals surface area contributed by atoms with Crippen molar-refractivity contribution in [3.63, 3.8) is 0 Å². The molecule has 0 amide bonds. The Morgan fingerprint density at radius 3 is 1.94 bits per heavy atom. The summed E-state index contributed by atoms with van der Waals surface area (Å²) in [5.74, 6) is 2.33. The molecule has 0 unspecified atom stereocenters. The number of hydrogen-bond acceptors (Lipinski definition) is 3. The second-order valence-corrected chi connectivity index (χ2v) is 20.3. The fourth-order valence-electron chi connectivity index (χ4n) is 8.85. The molecule has 6 heteroatoms. The maximum Gasteiger partial charge on any atom is 0.503 e. The molecule has 4 heterocycles. The van der Waals surface area contributed by atoms with E-state index in [1.807, 2.05) is 30.7 Å². The van der Waals surface area contributed by atoms with Crippen molar-refractivity contribution in [1.29, 1.82) is 0 Å². The van der Waals surface area contributed by atoms with Crippen LogP contribution >= 0.6 is 0 Å². The molecule has 3 aromatic heterocycles. The Balaban J connectivity index is 1.11. The average Bonchev–Trinajstić information content (AvgIpc) is 3.85. The quantitative estimate of drug-likeness (QED) is 0.150. The van der Waals surface area contributed by atoms with Gasteiger partial charge in [-0.15, -0.1) is 0 Å². The Hall–Kier alpha value is -7.40. The summed E-state index contributed by atoms with van der Waals surface area (Å²) in [5, 5.41) is 2.30. The van der Waals surface area contributed by atoms with Crippen LogP contribution in [0.15, 0.2) is 170 Å². The molecule has 0 radical (unpaired) electrons. The highest BCUT2D eigenvalue weighted by Gasteiger charge is 2.40. The number of para-hydroxylation sites is 1. The summed E-state index contributed by atoms with van der Waals surface area (Å²) in [4.78, 5) is 9.47. The Kier molecular flexibility index (Phi) is 10.0.